The minimum absolute atomic E-state index is 0.389. The number of fused-ring (bicyclic) bond motifs is 2. The van der Waals surface area contributed by atoms with Crippen LogP contribution in [0, 0.1) is 0 Å². The van der Waals surface area contributed by atoms with Crippen molar-refractivity contribution < 1.29 is 0 Å². The Bertz CT molecular complexity index is 482. The molecule has 1 unspecified atom stereocenters. The molecule has 1 atom stereocenters. The largest absolute Gasteiger partial charge is 0.309 e. The third kappa shape index (κ3) is 1.85. The van der Waals surface area contributed by atoms with Gasteiger partial charge in [0.05, 0.1) is 6.04 Å². The Kier molecular flexibility index (Phi) is 2.86. The topological polar surface area (TPSA) is 12.0 Å². The van der Waals surface area contributed by atoms with Crippen molar-refractivity contribution in [2.75, 3.05) is 7.05 Å². The zero-order chi connectivity index (χ0) is 11.7. The van der Waals surface area contributed by atoms with Crippen LogP contribution in [-0.2, 0) is 6.42 Å². The number of benzene rings is 1. The highest BCUT2D eigenvalue weighted by Crippen LogP contribution is 2.38. The van der Waals surface area contributed by atoms with Gasteiger partial charge in [-0.3, -0.25) is 0 Å². The van der Waals surface area contributed by atoms with Crippen molar-refractivity contribution in [2.45, 2.75) is 31.7 Å². The highest BCUT2D eigenvalue weighted by atomic mass is 14.9. The van der Waals surface area contributed by atoms with Gasteiger partial charge >= 0.3 is 0 Å². The molecule has 0 spiro atoms. The van der Waals surface area contributed by atoms with Crippen LogP contribution < -0.4 is 5.32 Å². The summed E-state index contributed by atoms with van der Waals surface area (Å²) in [5.41, 5.74) is 6.05. The van der Waals surface area contributed by atoms with E-state index in [1.165, 1.54) is 42.4 Å². The van der Waals surface area contributed by atoms with E-state index in [4.69, 9.17) is 0 Å². The third-order valence-corrected chi connectivity index (χ3v) is 3.92. The average Bonchev–Trinajstić information content (AvgIpc) is 2.55. The van der Waals surface area contributed by atoms with E-state index in [0.717, 1.165) is 0 Å². The van der Waals surface area contributed by atoms with Gasteiger partial charge in [-0.15, -0.1) is 0 Å². The molecule has 1 aromatic carbocycles. The van der Waals surface area contributed by atoms with E-state index in [2.05, 4.69) is 48.8 Å². The molecule has 0 radical (unpaired) electrons. The first-order valence-electron chi connectivity index (χ1n) is 6.54. The second-order valence-electron chi connectivity index (χ2n) is 4.89. The Morgan fingerprint density at radius 2 is 1.88 bits per heavy atom. The SMILES string of the molecule is CNC1C2=CCCC=C2CCc2ccccc21. The van der Waals surface area contributed by atoms with Crippen LogP contribution in [0.4, 0.5) is 0 Å². The zero-order valence-electron chi connectivity index (χ0n) is 10.4. The van der Waals surface area contributed by atoms with Gasteiger partial charge in [0, 0.05) is 0 Å². The van der Waals surface area contributed by atoms with E-state index >= 15 is 0 Å². The molecule has 1 aromatic rings. The number of aryl methyl sites for hydroxylation is 1. The van der Waals surface area contributed by atoms with Crippen LogP contribution in [0.2, 0.25) is 0 Å². The molecule has 0 fully saturated rings. The van der Waals surface area contributed by atoms with Crippen LogP contribution in [0.5, 0.6) is 0 Å². The van der Waals surface area contributed by atoms with E-state index in [9.17, 15) is 0 Å². The molecule has 3 rings (SSSR count). The second kappa shape index (κ2) is 4.50. The van der Waals surface area contributed by atoms with Crippen molar-refractivity contribution >= 4 is 0 Å². The molecule has 0 saturated heterocycles. The Morgan fingerprint density at radius 3 is 2.76 bits per heavy atom. The van der Waals surface area contributed by atoms with E-state index in [1.807, 2.05) is 0 Å². The van der Waals surface area contributed by atoms with Crippen LogP contribution >= 0.6 is 0 Å². The second-order valence-corrected chi connectivity index (χ2v) is 4.89. The van der Waals surface area contributed by atoms with E-state index in [-0.39, 0.29) is 0 Å². The Hall–Kier alpha value is -1.34. The summed E-state index contributed by atoms with van der Waals surface area (Å²) in [4.78, 5) is 0. The normalized spacial score (nSPS) is 23.0. The fraction of sp³-hybridized carbons (Fsp3) is 0.375. The van der Waals surface area contributed by atoms with Crippen LogP contribution in [-0.4, -0.2) is 7.05 Å². The van der Waals surface area contributed by atoms with E-state index in [0.29, 0.717) is 6.04 Å². The van der Waals surface area contributed by atoms with Gasteiger partial charge in [-0.2, -0.15) is 0 Å². The summed E-state index contributed by atoms with van der Waals surface area (Å²) in [6.07, 6.45) is 9.65. The lowest BCUT2D eigenvalue weighted by atomic mass is 9.89. The first kappa shape index (κ1) is 10.8. The molecule has 2 aliphatic rings. The lowest BCUT2D eigenvalue weighted by molar-refractivity contribution is 0.675. The van der Waals surface area contributed by atoms with Crippen LogP contribution in [0.3, 0.4) is 0 Å². The molecular formula is C16H19N. The molecule has 0 aliphatic heterocycles. The van der Waals surface area contributed by atoms with Crippen molar-refractivity contribution in [1.29, 1.82) is 0 Å². The fourth-order valence-corrected chi connectivity index (χ4v) is 3.09. The summed E-state index contributed by atoms with van der Waals surface area (Å²) in [6.45, 7) is 0. The maximum absolute atomic E-state index is 3.49. The quantitative estimate of drug-likeness (QED) is 0.771. The van der Waals surface area contributed by atoms with Gasteiger partial charge < -0.3 is 5.32 Å². The molecule has 1 nitrogen and oxygen atoms in total. The minimum Gasteiger partial charge on any atom is -0.309 e. The Balaban J connectivity index is 2.11. The number of hydrogen-bond acceptors (Lipinski definition) is 1. The first-order valence-corrected chi connectivity index (χ1v) is 6.54. The molecule has 0 amide bonds. The van der Waals surface area contributed by atoms with Gasteiger partial charge in [-0.1, -0.05) is 36.4 Å². The van der Waals surface area contributed by atoms with Gasteiger partial charge in [0.15, 0.2) is 0 Å². The predicted molar refractivity (Wildman–Crippen MR) is 72.0 cm³/mol. The Morgan fingerprint density at radius 1 is 1.06 bits per heavy atom. The van der Waals surface area contributed by atoms with Crippen LogP contribution in [0.25, 0.3) is 0 Å². The average molecular weight is 225 g/mol. The van der Waals surface area contributed by atoms with Crippen molar-refractivity contribution in [3.05, 3.63) is 58.7 Å². The van der Waals surface area contributed by atoms with E-state index in [1.54, 1.807) is 5.57 Å². The van der Waals surface area contributed by atoms with Crippen LogP contribution in [0.15, 0.2) is 47.6 Å². The summed E-state index contributed by atoms with van der Waals surface area (Å²) in [6, 6.07) is 9.25. The van der Waals surface area contributed by atoms with Gasteiger partial charge in [-0.05, 0) is 55.0 Å². The Labute approximate surface area is 103 Å². The lowest BCUT2D eigenvalue weighted by Crippen LogP contribution is -2.20. The molecule has 0 heterocycles. The molecule has 1 N–H and O–H groups in total. The predicted octanol–water partition coefficient (Wildman–Crippen LogP) is 3.54. The molecule has 0 bridgehead atoms. The molecule has 0 aromatic heterocycles. The molecule has 0 saturated carbocycles. The molecule has 1 heteroatoms. The number of allylic oxidation sites excluding steroid dienone is 2. The lowest BCUT2D eigenvalue weighted by Gasteiger charge is -2.23. The summed E-state index contributed by atoms with van der Waals surface area (Å²) >= 11 is 0. The maximum atomic E-state index is 3.49. The summed E-state index contributed by atoms with van der Waals surface area (Å²) in [5, 5.41) is 3.49. The van der Waals surface area contributed by atoms with Gasteiger partial charge in [-0.25, -0.2) is 0 Å². The molecular weight excluding hydrogens is 206 g/mol. The van der Waals surface area contributed by atoms with E-state index < -0.39 is 0 Å². The maximum Gasteiger partial charge on any atom is 0.0576 e. The van der Waals surface area contributed by atoms with Crippen molar-refractivity contribution in [3.8, 4) is 0 Å². The number of rotatable bonds is 1. The highest BCUT2D eigenvalue weighted by Gasteiger charge is 2.24. The van der Waals surface area contributed by atoms with Crippen LogP contribution in [0.1, 0.15) is 36.4 Å². The minimum atomic E-state index is 0.389. The number of nitrogens with one attached hydrogen (secondary N) is 1. The molecule has 2 aliphatic carbocycles. The number of hydrogen-bond donors (Lipinski definition) is 1. The number of likely N-dealkylation sites (N-methyl/N-ethyl adjacent to an activating group) is 1. The fourth-order valence-electron chi connectivity index (χ4n) is 3.09. The zero-order valence-corrected chi connectivity index (χ0v) is 10.4. The molecule has 17 heavy (non-hydrogen) atoms. The van der Waals surface area contributed by atoms with Crippen molar-refractivity contribution in [2.24, 2.45) is 0 Å². The monoisotopic (exact) mass is 225 g/mol. The van der Waals surface area contributed by atoms with Gasteiger partial charge in [0.25, 0.3) is 0 Å². The summed E-state index contributed by atoms with van der Waals surface area (Å²) in [5.74, 6) is 0. The standard InChI is InChI=1S/C16H19N/c1-17-16-14-8-4-2-6-12(14)10-11-13-7-3-5-9-15(13)16/h2,4,6-9,16-17H,3,5,10-11H2,1H3. The van der Waals surface area contributed by atoms with Crippen molar-refractivity contribution in [1.82, 2.24) is 5.32 Å². The first-order chi connectivity index (χ1) is 8.40. The third-order valence-electron chi connectivity index (χ3n) is 3.92. The van der Waals surface area contributed by atoms with Gasteiger partial charge in [0.2, 0.25) is 0 Å². The van der Waals surface area contributed by atoms with Crippen molar-refractivity contribution in [3.63, 3.8) is 0 Å². The van der Waals surface area contributed by atoms with Gasteiger partial charge in [0.1, 0.15) is 0 Å². The molecule has 88 valence electrons. The summed E-state index contributed by atoms with van der Waals surface area (Å²) < 4.78 is 0. The highest BCUT2D eigenvalue weighted by molar-refractivity contribution is 5.47. The smallest absolute Gasteiger partial charge is 0.0576 e. The summed E-state index contributed by atoms with van der Waals surface area (Å²) in [7, 11) is 2.07.